The topological polar surface area (TPSA) is 57.3 Å². The van der Waals surface area contributed by atoms with Gasteiger partial charge in [-0.3, -0.25) is 14.7 Å². The van der Waals surface area contributed by atoms with Crippen molar-refractivity contribution in [2.75, 3.05) is 32.7 Å². The van der Waals surface area contributed by atoms with Crippen molar-refractivity contribution >= 4 is 16.8 Å². The molecule has 0 saturated carbocycles. The number of benzene rings is 1. The first-order valence-corrected chi connectivity index (χ1v) is 9.06. The van der Waals surface area contributed by atoms with Crippen molar-refractivity contribution in [1.82, 2.24) is 20.5 Å². The van der Waals surface area contributed by atoms with Gasteiger partial charge in [-0.05, 0) is 24.1 Å². The average Bonchev–Trinajstić information content (AvgIpc) is 2.66. The van der Waals surface area contributed by atoms with Gasteiger partial charge in [0.15, 0.2) is 0 Å². The van der Waals surface area contributed by atoms with Crippen LogP contribution in [0.5, 0.6) is 0 Å². The minimum Gasteiger partial charge on any atom is -0.354 e. The lowest BCUT2D eigenvalue weighted by atomic mass is 10.0. The highest BCUT2D eigenvalue weighted by Gasteiger charge is 2.43. The number of aryl methyl sites for hydroxylation is 1. The summed E-state index contributed by atoms with van der Waals surface area (Å²) in [6.07, 6.45) is -2.09. The highest BCUT2D eigenvalue weighted by Crippen LogP contribution is 2.25. The van der Waals surface area contributed by atoms with Crippen molar-refractivity contribution in [3.05, 3.63) is 42.1 Å². The molecule has 1 aliphatic heterocycles. The van der Waals surface area contributed by atoms with E-state index in [2.05, 4.69) is 15.6 Å². The van der Waals surface area contributed by atoms with Crippen molar-refractivity contribution in [3.63, 3.8) is 0 Å². The number of nitrogens with zero attached hydrogens (tertiary/aromatic N) is 2. The fraction of sp³-hybridized carbons (Fsp3) is 0.474. The fourth-order valence-corrected chi connectivity index (χ4v) is 3.37. The number of fused-ring (bicyclic) bond motifs is 1. The van der Waals surface area contributed by atoms with Crippen molar-refractivity contribution in [3.8, 4) is 0 Å². The summed E-state index contributed by atoms with van der Waals surface area (Å²) in [6, 6.07) is 7.80. The van der Waals surface area contributed by atoms with Crippen LogP contribution in [0.2, 0.25) is 0 Å². The minimum atomic E-state index is -4.37. The van der Waals surface area contributed by atoms with Gasteiger partial charge in [0, 0.05) is 50.7 Å². The maximum Gasteiger partial charge on any atom is 0.405 e. The molecule has 1 unspecified atom stereocenters. The Bertz CT molecular complexity index is 770. The number of amides is 1. The van der Waals surface area contributed by atoms with Gasteiger partial charge in [-0.15, -0.1) is 0 Å². The minimum absolute atomic E-state index is 0.139. The molecule has 8 heteroatoms. The van der Waals surface area contributed by atoms with E-state index in [0.29, 0.717) is 32.6 Å². The van der Waals surface area contributed by atoms with Crippen molar-refractivity contribution in [2.24, 2.45) is 0 Å². The van der Waals surface area contributed by atoms with E-state index in [0.717, 1.165) is 16.5 Å². The van der Waals surface area contributed by atoms with Crippen LogP contribution in [0.4, 0.5) is 13.2 Å². The molecule has 1 aromatic heterocycles. The zero-order valence-corrected chi connectivity index (χ0v) is 14.9. The van der Waals surface area contributed by atoms with Crippen LogP contribution in [0.3, 0.4) is 0 Å². The molecule has 2 heterocycles. The molecular formula is C19H23F3N4O. The normalized spacial score (nSPS) is 17.0. The second-order valence-corrected chi connectivity index (χ2v) is 6.63. The Labute approximate surface area is 155 Å². The molecule has 1 atom stereocenters. The fourth-order valence-electron chi connectivity index (χ4n) is 3.37. The third-order valence-electron chi connectivity index (χ3n) is 4.82. The van der Waals surface area contributed by atoms with Crippen LogP contribution in [-0.2, 0) is 11.2 Å². The lowest BCUT2D eigenvalue weighted by Gasteiger charge is -2.35. The molecule has 0 aliphatic carbocycles. The van der Waals surface area contributed by atoms with Crippen molar-refractivity contribution < 1.29 is 18.0 Å². The standard InChI is InChI=1S/C19H23F3N4O/c20-19(21,22)17(26-11-9-23-10-12-26)13-25-18(27)6-5-14-7-8-24-16-4-2-1-3-15(14)16/h1-4,7-8,17,23H,5-6,9-13H2,(H,25,27). The third-order valence-corrected chi connectivity index (χ3v) is 4.82. The second kappa shape index (κ2) is 8.67. The van der Waals surface area contributed by atoms with E-state index in [1.807, 2.05) is 30.3 Å². The van der Waals surface area contributed by atoms with E-state index in [9.17, 15) is 18.0 Å². The van der Waals surface area contributed by atoms with E-state index < -0.39 is 18.8 Å². The van der Waals surface area contributed by atoms with Gasteiger partial charge in [0.25, 0.3) is 0 Å². The van der Waals surface area contributed by atoms with Gasteiger partial charge >= 0.3 is 6.18 Å². The van der Waals surface area contributed by atoms with E-state index in [4.69, 9.17) is 0 Å². The predicted octanol–water partition coefficient (Wildman–Crippen LogP) is 2.12. The molecule has 0 spiro atoms. The highest BCUT2D eigenvalue weighted by atomic mass is 19.4. The Morgan fingerprint density at radius 2 is 1.96 bits per heavy atom. The molecule has 1 fully saturated rings. The van der Waals surface area contributed by atoms with Gasteiger partial charge < -0.3 is 10.6 Å². The number of alkyl halides is 3. The summed E-state index contributed by atoms with van der Waals surface area (Å²) in [5.41, 5.74) is 1.80. The Hall–Kier alpha value is -2.19. The number of para-hydroxylation sites is 1. The van der Waals surface area contributed by atoms with E-state index in [-0.39, 0.29) is 12.3 Å². The summed E-state index contributed by atoms with van der Waals surface area (Å²) in [5, 5.41) is 6.47. The Morgan fingerprint density at radius 1 is 1.22 bits per heavy atom. The number of pyridine rings is 1. The molecule has 2 N–H and O–H groups in total. The Morgan fingerprint density at radius 3 is 2.70 bits per heavy atom. The monoisotopic (exact) mass is 380 g/mol. The molecular weight excluding hydrogens is 357 g/mol. The molecule has 1 amide bonds. The maximum atomic E-state index is 13.4. The molecule has 1 aliphatic rings. The van der Waals surface area contributed by atoms with Gasteiger partial charge in [0.05, 0.1) is 5.52 Å². The van der Waals surface area contributed by atoms with Crippen LogP contribution < -0.4 is 10.6 Å². The van der Waals surface area contributed by atoms with Gasteiger partial charge in [-0.25, -0.2) is 0 Å². The SMILES string of the molecule is O=C(CCc1ccnc2ccccc12)NCC(N1CCNCC1)C(F)(F)F. The van der Waals surface area contributed by atoms with Crippen molar-refractivity contribution in [2.45, 2.75) is 25.1 Å². The van der Waals surface area contributed by atoms with E-state index >= 15 is 0 Å². The van der Waals surface area contributed by atoms with Crippen LogP contribution in [0, 0.1) is 0 Å². The Kier molecular flexibility index (Phi) is 6.28. The van der Waals surface area contributed by atoms with E-state index in [1.165, 1.54) is 4.90 Å². The average molecular weight is 380 g/mol. The quantitative estimate of drug-likeness (QED) is 0.806. The van der Waals surface area contributed by atoms with Gasteiger partial charge in [-0.1, -0.05) is 18.2 Å². The zero-order valence-electron chi connectivity index (χ0n) is 14.9. The molecule has 1 aromatic carbocycles. The van der Waals surface area contributed by atoms with Crippen LogP contribution >= 0.6 is 0 Å². The summed E-state index contributed by atoms with van der Waals surface area (Å²) in [7, 11) is 0. The lowest BCUT2D eigenvalue weighted by molar-refractivity contribution is -0.184. The summed E-state index contributed by atoms with van der Waals surface area (Å²) in [4.78, 5) is 17.8. The summed E-state index contributed by atoms with van der Waals surface area (Å²) in [5.74, 6) is -0.375. The molecule has 146 valence electrons. The molecule has 27 heavy (non-hydrogen) atoms. The van der Waals surface area contributed by atoms with Crippen LogP contribution in [0.1, 0.15) is 12.0 Å². The number of hydrogen-bond acceptors (Lipinski definition) is 4. The predicted molar refractivity (Wildman–Crippen MR) is 97.4 cm³/mol. The molecule has 3 rings (SSSR count). The number of rotatable bonds is 6. The molecule has 0 radical (unpaired) electrons. The number of nitrogens with one attached hydrogen (secondary N) is 2. The molecule has 0 bridgehead atoms. The number of carbonyl (C=O) groups is 1. The number of halogens is 3. The first-order chi connectivity index (χ1) is 12.9. The van der Waals surface area contributed by atoms with Gasteiger partial charge in [0.2, 0.25) is 5.91 Å². The highest BCUT2D eigenvalue weighted by molar-refractivity contribution is 5.83. The number of aromatic nitrogens is 1. The third kappa shape index (κ3) is 5.17. The number of hydrogen-bond donors (Lipinski definition) is 2. The second-order valence-electron chi connectivity index (χ2n) is 6.63. The van der Waals surface area contributed by atoms with Crippen LogP contribution in [0.25, 0.3) is 10.9 Å². The lowest BCUT2D eigenvalue weighted by Crippen LogP contribution is -2.57. The molecule has 2 aromatic rings. The maximum absolute atomic E-state index is 13.4. The van der Waals surface area contributed by atoms with Gasteiger partial charge in [-0.2, -0.15) is 13.2 Å². The summed E-state index contributed by atoms with van der Waals surface area (Å²) < 4.78 is 40.1. The zero-order chi connectivity index (χ0) is 19.3. The Balaban J connectivity index is 1.56. The van der Waals surface area contributed by atoms with Crippen LogP contribution in [-0.4, -0.2) is 60.7 Å². The van der Waals surface area contributed by atoms with E-state index in [1.54, 1.807) is 6.20 Å². The van der Waals surface area contributed by atoms with Crippen molar-refractivity contribution in [1.29, 1.82) is 0 Å². The molecule has 5 nitrogen and oxygen atoms in total. The summed E-state index contributed by atoms with van der Waals surface area (Å²) in [6.45, 7) is 1.27. The largest absolute Gasteiger partial charge is 0.405 e. The summed E-state index contributed by atoms with van der Waals surface area (Å²) >= 11 is 0. The van der Waals surface area contributed by atoms with Gasteiger partial charge in [0.1, 0.15) is 6.04 Å². The first kappa shape index (κ1) is 19.6. The molecule has 1 saturated heterocycles. The number of piperazine rings is 1. The van der Waals surface area contributed by atoms with Crippen LogP contribution in [0.15, 0.2) is 36.5 Å². The first-order valence-electron chi connectivity index (χ1n) is 9.06. The number of carbonyl (C=O) groups excluding carboxylic acids is 1. The smallest absolute Gasteiger partial charge is 0.354 e.